The second kappa shape index (κ2) is 8.42. The van der Waals surface area contributed by atoms with Crippen molar-refractivity contribution in [3.63, 3.8) is 0 Å². The fourth-order valence-corrected chi connectivity index (χ4v) is 3.60. The zero-order valence-electron chi connectivity index (χ0n) is 16.9. The van der Waals surface area contributed by atoms with Crippen molar-refractivity contribution < 1.29 is 35.9 Å². The first-order chi connectivity index (χ1) is 15.5. The van der Waals surface area contributed by atoms with E-state index in [-0.39, 0.29) is 31.6 Å². The van der Waals surface area contributed by atoms with E-state index in [0.717, 1.165) is 10.5 Å². The summed E-state index contributed by atoms with van der Waals surface area (Å²) >= 11 is 0. The van der Waals surface area contributed by atoms with Gasteiger partial charge in [0.15, 0.2) is 0 Å². The number of carbonyl (C=O) groups excluding carboxylic acids is 1. The van der Waals surface area contributed by atoms with Crippen molar-refractivity contribution in [2.75, 3.05) is 13.2 Å². The summed E-state index contributed by atoms with van der Waals surface area (Å²) < 4.78 is 85.0. The highest BCUT2D eigenvalue weighted by Gasteiger charge is 2.38. The number of hydrogen-bond acceptors (Lipinski definition) is 3. The van der Waals surface area contributed by atoms with Gasteiger partial charge in [0.05, 0.1) is 24.2 Å². The molecule has 0 bridgehead atoms. The van der Waals surface area contributed by atoms with E-state index < -0.39 is 35.0 Å². The summed E-state index contributed by atoms with van der Waals surface area (Å²) in [5.41, 5.74) is -1.78. The minimum absolute atomic E-state index is 0.00491. The van der Waals surface area contributed by atoms with E-state index >= 15 is 0 Å². The van der Waals surface area contributed by atoms with Crippen molar-refractivity contribution in [2.24, 2.45) is 0 Å². The van der Waals surface area contributed by atoms with Gasteiger partial charge in [0, 0.05) is 17.3 Å². The molecule has 1 aliphatic heterocycles. The molecule has 0 N–H and O–H groups in total. The maximum atomic E-state index is 13.2. The van der Waals surface area contributed by atoms with E-state index in [1.807, 2.05) is 30.3 Å². The molecule has 1 amide bonds. The van der Waals surface area contributed by atoms with Crippen LogP contribution in [0.2, 0.25) is 0 Å². The van der Waals surface area contributed by atoms with Crippen LogP contribution in [-0.2, 0) is 18.9 Å². The number of fused-ring (bicyclic) bond motifs is 1. The van der Waals surface area contributed by atoms with Crippen LogP contribution in [0.1, 0.15) is 27.0 Å². The lowest BCUT2D eigenvalue weighted by Crippen LogP contribution is -2.33. The molecule has 10 heteroatoms. The fourth-order valence-electron chi connectivity index (χ4n) is 3.60. The molecule has 172 valence electrons. The Morgan fingerprint density at radius 2 is 1.55 bits per heavy atom. The van der Waals surface area contributed by atoms with Crippen LogP contribution in [0.25, 0.3) is 11.1 Å². The topological polar surface area (TPSA) is 42.4 Å². The van der Waals surface area contributed by atoms with Crippen LogP contribution in [0, 0.1) is 0 Å². The average molecular weight is 466 g/mol. The first-order valence-electron chi connectivity index (χ1n) is 9.79. The zero-order chi connectivity index (χ0) is 23.8. The zero-order valence-corrected chi connectivity index (χ0v) is 16.9. The highest BCUT2D eigenvalue weighted by atomic mass is 19.4. The van der Waals surface area contributed by atoms with Crippen molar-refractivity contribution in [3.8, 4) is 17.0 Å². The number of benzene rings is 2. The Kier molecular flexibility index (Phi) is 5.77. The molecule has 0 aliphatic carbocycles. The number of amides is 1. The lowest BCUT2D eigenvalue weighted by molar-refractivity contribution is -0.143. The molecule has 2 heterocycles. The predicted molar refractivity (Wildman–Crippen MR) is 106 cm³/mol. The van der Waals surface area contributed by atoms with Gasteiger partial charge in [0.2, 0.25) is 5.88 Å². The summed E-state index contributed by atoms with van der Waals surface area (Å²) in [6.07, 6.45) is -8.56. The Bertz CT molecular complexity index is 1140. The van der Waals surface area contributed by atoms with Crippen LogP contribution in [0.3, 0.4) is 0 Å². The average Bonchev–Trinajstić information content (AvgIpc) is 3.00. The first kappa shape index (κ1) is 22.6. The molecule has 1 aromatic heterocycles. The van der Waals surface area contributed by atoms with Crippen molar-refractivity contribution in [1.29, 1.82) is 0 Å². The number of halogens is 6. The molecule has 0 saturated carbocycles. The third-order valence-electron chi connectivity index (χ3n) is 5.17. The number of pyridine rings is 1. The molecule has 0 radical (unpaired) electrons. The summed E-state index contributed by atoms with van der Waals surface area (Å²) in [4.78, 5) is 18.4. The summed E-state index contributed by atoms with van der Waals surface area (Å²) in [7, 11) is 0. The van der Waals surface area contributed by atoms with Gasteiger partial charge in [-0.3, -0.25) is 4.79 Å². The fraction of sp³-hybridized carbons (Fsp3) is 0.217. The second-order valence-electron chi connectivity index (χ2n) is 7.38. The van der Waals surface area contributed by atoms with Gasteiger partial charge in [0.25, 0.3) is 5.91 Å². The van der Waals surface area contributed by atoms with E-state index in [2.05, 4.69) is 4.98 Å². The van der Waals surface area contributed by atoms with Crippen molar-refractivity contribution in [2.45, 2.75) is 18.9 Å². The number of rotatable bonds is 2. The van der Waals surface area contributed by atoms with E-state index in [1.54, 1.807) is 6.07 Å². The molecule has 0 unspecified atom stereocenters. The molecule has 0 saturated heterocycles. The highest BCUT2D eigenvalue weighted by molar-refractivity contribution is 5.95. The van der Waals surface area contributed by atoms with Crippen molar-refractivity contribution in [1.82, 2.24) is 9.88 Å². The van der Waals surface area contributed by atoms with Gasteiger partial charge in [-0.1, -0.05) is 30.3 Å². The third-order valence-corrected chi connectivity index (χ3v) is 5.17. The van der Waals surface area contributed by atoms with Crippen LogP contribution >= 0.6 is 0 Å². The largest absolute Gasteiger partial charge is 0.476 e. The molecule has 1 aliphatic rings. The molecule has 3 aromatic rings. The second-order valence-corrected chi connectivity index (χ2v) is 7.38. The number of alkyl halides is 6. The lowest BCUT2D eigenvalue weighted by atomic mass is 10.0. The maximum absolute atomic E-state index is 13.2. The van der Waals surface area contributed by atoms with Crippen LogP contribution < -0.4 is 4.74 Å². The van der Waals surface area contributed by atoms with Gasteiger partial charge in [0.1, 0.15) is 6.61 Å². The standard InChI is InChI=1S/C23H16F6N2O2/c24-22(25,26)16-10-15(11-17(12-16)23(27,28)29)21(32)31-8-9-33-20-19(13-31)18(6-7-30-20)14-4-2-1-3-5-14/h1-7,10-12H,8-9,13H2. The number of hydrogen-bond donors (Lipinski definition) is 0. The predicted octanol–water partition coefficient (Wildman–Crippen LogP) is 5.82. The van der Waals surface area contributed by atoms with E-state index in [4.69, 9.17) is 4.74 Å². The van der Waals surface area contributed by atoms with E-state index in [9.17, 15) is 31.1 Å². The van der Waals surface area contributed by atoms with Gasteiger partial charge >= 0.3 is 12.4 Å². The summed E-state index contributed by atoms with van der Waals surface area (Å²) in [6, 6.07) is 11.7. The lowest BCUT2D eigenvalue weighted by Gasteiger charge is -2.22. The summed E-state index contributed by atoms with van der Waals surface area (Å²) in [5.74, 6) is -0.711. The van der Waals surface area contributed by atoms with Crippen molar-refractivity contribution in [3.05, 3.63) is 83.0 Å². The molecule has 4 nitrogen and oxygen atoms in total. The van der Waals surface area contributed by atoms with Crippen LogP contribution in [-0.4, -0.2) is 28.9 Å². The van der Waals surface area contributed by atoms with Crippen molar-refractivity contribution >= 4 is 5.91 Å². The smallest absolute Gasteiger partial charge is 0.416 e. The van der Waals surface area contributed by atoms with Crippen LogP contribution in [0.4, 0.5) is 26.3 Å². The Morgan fingerprint density at radius 1 is 0.909 bits per heavy atom. The molecule has 33 heavy (non-hydrogen) atoms. The summed E-state index contributed by atoms with van der Waals surface area (Å²) in [5, 5.41) is 0. The Balaban J connectivity index is 1.74. The minimum atomic E-state index is -5.05. The molecule has 0 atom stereocenters. The molecule has 2 aromatic carbocycles. The van der Waals surface area contributed by atoms with Crippen LogP contribution in [0.15, 0.2) is 60.8 Å². The molecule has 0 spiro atoms. The van der Waals surface area contributed by atoms with E-state index in [1.165, 1.54) is 6.20 Å². The molecular weight excluding hydrogens is 450 g/mol. The number of nitrogens with zero attached hydrogens (tertiary/aromatic N) is 2. The first-order valence-corrected chi connectivity index (χ1v) is 9.79. The SMILES string of the molecule is O=C(c1cc(C(F)(F)F)cc(C(F)(F)F)c1)N1CCOc2nccc(-c3ccccc3)c2C1. The number of carbonyl (C=O) groups is 1. The Labute approximate surface area is 184 Å². The van der Waals surface area contributed by atoms with Gasteiger partial charge in [-0.15, -0.1) is 0 Å². The monoisotopic (exact) mass is 466 g/mol. The van der Waals surface area contributed by atoms with Gasteiger partial charge in [-0.25, -0.2) is 4.98 Å². The molecule has 4 rings (SSSR count). The molecule has 0 fully saturated rings. The number of aromatic nitrogens is 1. The highest BCUT2D eigenvalue weighted by Crippen LogP contribution is 2.37. The Hall–Kier alpha value is -3.56. The summed E-state index contributed by atoms with van der Waals surface area (Å²) in [6.45, 7) is -0.153. The van der Waals surface area contributed by atoms with Gasteiger partial charge < -0.3 is 9.64 Å². The van der Waals surface area contributed by atoms with E-state index in [0.29, 0.717) is 23.3 Å². The quantitative estimate of drug-likeness (QED) is 0.447. The minimum Gasteiger partial charge on any atom is -0.476 e. The maximum Gasteiger partial charge on any atom is 0.416 e. The Morgan fingerprint density at radius 3 is 2.15 bits per heavy atom. The van der Waals surface area contributed by atoms with Gasteiger partial charge in [-0.05, 0) is 35.4 Å². The van der Waals surface area contributed by atoms with Crippen LogP contribution in [0.5, 0.6) is 5.88 Å². The third kappa shape index (κ3) is 4.79. The molecular formula is C23H16F6N2O2. The van der Waals surface area contributed by atoms with Gasteiger partial charge in [-0.2, -0.15) is 26.3 Å². The normalized spacial score (nSPS) is 14.3. The number of ether oxygens (including phenoxy) is 1.